The Morgan fingerprint density at radius 3 is 2.88 bits per heavy atom. The van der Waals surface area contributed by atoms with E-state index in [-0.39, 0.29) is 23.6 Å². The average Bonchev–Trinajstić information content (AvgIpc) is 3.09. The summed E-state index contributed by atoms with van der Waals surface area (Å²) in [5, 5.41) is 15.8. The minimum absolute atomic E-state index is 0.127. The quantitative estimate of drug-likeness (QED) is 0.726. The van der Waals surface area contributed by atoms with E-state index in [9.17, 15) is 9.90 Å². The van der Waals surface area contributed by atoms with Gasteiger partial charge in [-0.2, -0.15) is 0 Å². The van der Waals surface area contributed by atoms with Crippen molar-refractivity contribution in [1.29, 1.82) is 0 Å². The van der Waals surface area contributed by atoms with Crippen molar-refractivity contribution in [2.45, 2.75) is 26.7 Å². The Hall–Kier alpha value is -2.34. The van der Waals surface area contributed by atoms with Crippen LogP contribution in [0.5, 0.6) is 5.75 Å². The van der Waals surface area contributed by atoms with Crippen LogP contribution in [-0.4, -0.2) is 36.4 Å². The number of nitrogens with one attached hydrogen (secondary N) is 1. The molecule has 0 saturated heterocycles. The SMILES string of the molecule is COc1cccc(-c2cc(C(=O)NCCCC(C)(C)CO)no2)c1. The Morgan fingerprint density at radius 1 is 1.38 bits per heavy atom. The summed E-state index contributed by atoms with van der Waals surface area (Å²) in [7, 11) is 1.59. The molecule has 1 heterocycles. The van der Waals surface area contributed by atoms with Crippen LogP contribution in [0.3, 0.4) is 0 Å². The maximum Gasteiger partial charge on any atom is 0.273 e. The van der Waals surface area contributed by atoms with Crippen LogP contribution in [0.2, 0.25) is 0 Å². The Bertz CT molecular complexity index is 679. The van der Waals surface area contributed by atoms with Gasteiger partial charge in [-0.25, -0.2) is 0 Å². The number of hydrogen-bond donors (Lipinski definition) is 2. The summed E-state index contributed by atoms with van der Waals surface area (Å²) in [6, 6.07) is 8.98. The largest absolute Gasteiger partial charge is 0.497 e. The van der Waals surface area contributed by atoms with Crippen LogP contribution in [0.15, 0.2) is 34.9 Å². The minimum Gasteiger partial charge on any atom is -0.497 e. The zero-order valence-electron chi connectivity index (χ0n) is 14.3. The van der Waals surface area contributed by atoms with Crippen molar-refractivity contribution in [1.82, 2.24) is 10.5 Å². The van der Waals surface area contributed by atoms with Crippen LogP contribution in [0.1, 0.15) is 37.2 Å². The predicted molar refractivity (Wildman–Crippen MR) is 90.9 cm³/mol. The lowest BCUT2D eigenvalue weighted by atomic mass is 9.89. The van der Waals surface area contributed by atoms with Crippen molar-refractivity contribution in [3.8, 4) is 17.1 Å². The molecule has 1 aromatic heterocycles. The molecule has 0 fully saturated rings. The first-order valence-electron chi connectivity index (χ1n) is 7.95. The Kier molecular flexibility index (Phi) is 5.98. The molecule has 24 heavy (non-hydrogen) atoms. The van der Waals surface area contributed by atoms with E-state index in [4.69, 9.17) is 9.26 Å². The molecule has 2 rings (SSSR count). The standard InChI is InChI=1S/C18H24N2O4/c1-18(2,12-21)8-5-9-19-17(22)15-11-16(24-20-15)13-6-4-7-14(10-13)23-3/h4,6-7,10-11,21H,5,8-9,12H2,1-3H3,(H,19,22). The number of methoxy groups -OCH3 is 1. The van der Waals surface area contributed by atoms with E-state index in [1.165, 1.54) is 0 Å². The fourth-order valence-corrected chi connectivity index (χ4v) is 2.23. The molecule has 0 aliphatic carbocycles. The third-order valence-electron chi connectivity index (χ3n) is 3.84. The molecule has 0 aliphatic rings. The number of amides is 1. The average molecular weight is 332 g/mol. The zero-order chi connectivity index (χ0) is 17.6. The van der Waals surface area contributed by atoms with E-state index < -0.39 is 0 Å². The summed E-state index contributed by atoms with van der Waals surface area (Å²) in [5.41, 5.74) is 0.915. The number of aromatic nitrogens is 1. The first-order chi connectivity index (χ1) is 11.4. The molecule has 0 bridgehead atoms. The molecule has 6 nitrogen and oxygen atoms in total. The van der Waals surface area contributed by atoms with Crippen LogP contribution >= 0.6 is 0 Å². The third kappa shape index (κ3) is 4.83. The molecule has 0 aliphatic heterocycles. The molecule has 6 heteroatoms. The molecule has 0 unspecified atom stereocenters. The topological polar surface area (TPSA) is 84.6 Å². The second-order valence-electron chi connectivity index (χ2n) is 6.49. The molecule has 130 valence electrons. The Balaban J connectivity index is 1.91. The summed E-state index contributed by atoms with van der Waals surface area (Å²) in [4.78, 5) is 12.1. The van der Waals surface area contributed by atoms with Crippen molar-refractivity contribution in [3.05, 3.63) is 36.0 Å². The zero-order valence-corrected chi connectivity index (χ0v) is 14.3. The molecule has 1 amide bonds. The molecule has 0 spiro atoms. The molecule has 2 N–H and O–H groups in total. The number of ether oxygens (including phenoxy) is 1. The molecule has 0 saturated carbocycles. The van der Waals surface area contributed by atoms with Gasteiger partial charge in [-0.1, -0.05) is 31.1 Å². The highest BCUT2D eigenvalue weighted by Gasteiger charge is 2.17. The van der Waals surface area contributed by atoms with Gasteiger partial charge < -0.3 is 19.7 Å². The second-order valence-corrected chi connectivity index (χ2v) is 6.49. The van der Waals surface area contributed by atoms with Crippen LogP contribution < -0.4 is 10.1 Å². The number of aliphatic hydroxyl groups excluding tert-OH is 1. The van der Waals surface area contributed by atoms with Gasteiger partial charge in [0, 0.05) is 24.8 Å². The number of carbonyl (C=O) groups is 1. The van der Waals surface area contributed by atoms with Crippen molar-refractivity contribution in [2.75, 3.05) is 20.3 Å². The first kappa shape index (κ1) is 18.0. The molecular formula is C18H24N2O4. The fourth-order valence-electron chi connectivity index (χ4n) is 2.23. The van der Waals surface area contributed by atoms with E-state index >= 15 is 0 Å². The van der Waals surface area contributed by atoms with Crippen molar-refractivity contribution < 1.29 is 19.2 Å². The van der Waals surface area contributed by atoms with Gasteiger partial charge in [-0.15, -0.1) is 0 Å². The molecule has 1 aromatic carbocycles. The fraction of sp³-hybridized carbons (Fsp3) is 0.444. The van der Waals surface area contributed by atoms with Crippen LogP contribution in [0.25, 0.3) is 11.3 Å². The van der Waals surface area contributed by atoms with Gasteiger partial charge in [0.1, 0.15) is 5.75 Å². The smallest absolute Gasteiger partial charge is 0.273 e. The number of nitrogens with zero attached hydrogens (tertiary/aromatic N) is 1. The van der Waals surface area contributed by atoms with Gasteiger partial charge in [0.15, 0.2) is 11.5 Å². The van der Waals surface area contributed by atoms with Gasteiger partial charge in [-0.3, -0.25) is 4.79 Å². The minimum atomic E-state index is -0.269. The van der Waals surface area contributed by atoms with Gasteiger partial charge in [-0.05, 0) is 30.4 Å². The second kappa shape index (κ2) is 7.97. The third-order valence-corrected chi connectivity index (χ3v) is 3.84. The van der Waals surface area contributed by atoms with Crippen molar-refractivity contribution in [3.63, 3.8) is 0 Å². The van der Waals surface area contributed by atoms with Gasteiger partial charge in [0.2, 0.25) is 0 Å². The van der Waals surface area contributed by atoms with Crippen molar-refractivity contribution >= 4 is 5.91 Å². The maximum atomic E-state index is 12.1. The number of carbonyl (C=O) groups excluding carboxylic acids is 1. The Morgan fingerprint density at radius 2 is 2.17 bits per heavy atom. The molecule has 0 atom stereocenters. The number of rotatable bonds is 8. The summed E-state index contributed by atoms with van der Waals surface area (Å²) >= 11 is 0. The van der Waals surface area contributed by atoms with E-state index in [1.807, 2.05) is 38.1 Å². The molecular weight excluding hydrogens is 308 g/mol. The number of aliphatic hydroxyl groups is 1. The predicted octanol–water partition coefficient (Wildman–Crippen LogP) is 2.88. The van der Waals surface area contributed by atoms with Crippen molar-refractivity contribution in [2.24, 2.45) is 5.41 Å². The highest BCUT2D eigenvalue weighted by Crippen LogP contribution is 2.24. The van der Waals surface area contributed by atoms with Crippen LogP contribution in [0, 0.1) is 5.41 Å². The van der Waals surface area contributed by atoms with E-state index in [0.717, 1.165) is 18.4 Å². The van der Waals surface area contributed by atoms with Crippen LogP contribution in [0.4, 0.5) is 0 Å². The van der Waals surface area contributed by atoms with Gasteiger partial charge in [0.05, 0.1) is 7.11 Å². The highest BCUT2D eigenvalue weighted by molar-refractivity contribution is 5.93. The van der Waals surface area contributed by atoms with E-state index in [1.54, 1.807) is 13.2 Å². The van der Waals surface area contributed by atoms with Crippen LogP contribution in [-0.2, 0) is 0 Å². The van der Waals surface area contributed by atoms with E-state index in [0.29, 0.717) is 18.1 Å². The Labute approximate surface area is 141 Å². The summed E-state index contributed by atoms with van der Waals surface area (Å²) in [5.74, 6) is 0.955. The van der Waals surface area contributed by atoms with E-state index in [2.05, 4.69) is 10.5 Å². The summed E-state index contributed by atoms with van der Waals surface area (Å²) in [6.07, 6.45) is 1.62. The van der Waals surface area contributed by atoms with Gasteiger partial charge in [0.25, 0.3) is 5.91 Å². The lowest BCUT2D eigenvalue weighted by molar-refractivity contribution is 0.0939. The molecule has 2 aromatic rings. The summed E-state index contributed by atoms with van der Waals surface area (Å²) < 4.78 is 10.4. The number of benzene rings is 1. The summed E-state index contributed by atoms with van der Waals surface area (Å²) in [6.45, 7) is 4.65. The lowest BCUT2D eigenvalue weighted by Gasteiger charge is -2.20. The highest BCUT2D eigenvalue weighted by atomic mass is 16.5. The lowest BCUT2D eigenvalue weighted by Crippen LogP contribution is -2.26. The molecule has 0 radical (unpaired) electrons. The first-order valence-corrected chi connectivity index (χ1v) is 7.95. The number of hydrogen-bond acceptors (Lipinski definition) is 5. The monoisotopic (exact) mass is 332 g/mol. The van der Waals surface area contributed by atoms with Gasteiger partial charge >= 0.3 is 0 Å². The maximum absolute atomic E-state index is 12.1. The normalized spacial score (nSPS) is 11.3.